The number of aryl methyl sites for hydroxylation is 2. The molecule has 1 aromatic carbocycles. The number of amides is 1. The van der Waals surface area contributed by atoms with Crippen molar-refractivity contribution < 1.29 is 14.1 Å². The van der Waals surface area contributed by atoms with Gasteiger partial charge in [-0.1, -0.05) is 37.1 Å². The second-order valence-electron chi connectivity index (χ2n) is 6.26. The van der Waals surface area contributed by atoms with Crippen molar-refractivity contribution in [2.45, 2.75) is 51.5 Å². The van der Waals surface area contributed by atoms with E-state index in [0.29, 0.717) is 17.5 Å². The summed E-state index contributed by atoms with van der Waals surface area (Å²) in [7, 11) is 0. The van der Waals surface area contributed by atoms with Crippen LogP contribution in [0.3, 0.4) is 0 Å². The molecule has 24 heavy (non-hydrogen) atoms. The number of carbonyl (C=O) groups is 1. The molecule has 1 aliphatic carbocycles. The molecule has 2 aromatic rings. The Kier molecular flexibility index (Phi) is 4.83. The second-order valence-corrected chi connectivity index (χ2v) is 6.26. The fourth-order valence-electron chi connectivity index (χ4n) is 3.15. The highest BCUT2D eigenvalue weighted by Gasteiger charge is 2.41. The molecule has 6 heteroatoms. The molecule has 0 radical (unpaired) electrons. The van der Waals surface area contributed by atoms with E-state index in [1.807, 2.05) is 24.3 Å². The van der Waals surface area contributed by atoms with Crippen molar-refractivity contribution >= 4 is 5.91 Å². The van der Waals surface area contributed by atoms with Crippen molar-refractivity contribution in [3.05, 3.63) is 41.5 Å². The molecular formula is C18H23N3O3. The maximum Gasteiger partial charge on any atom is 0.258 e. The normalized spacial score (nSPS) is 16.1. The summed E-state index contributed by atoms with van der Waals surface area (Å²) in [6.07, 6.45) is 4.69. The molecule has 0 atom stereocenters. The van der Waals surface area contributed by atoms with Crippen LogP contribution in [0.15, 0.2) is 28.8 Å². The number of hydrogen-bond acceptors (Lipinski definition) is 5. The monoisotopic (exact) mass is 329 g/mol. The summed E-state index contributed by atoms with van der Waals surface area (Å²) in [6, 6.07) is 7.79. The molecule has 3 rings (SSSR count). The summed E-state index contributed by atoms with van der Waals surface area (Å²) in [4.78, 5) is 16.7. The fourth-order valence-corrected chi connectivity index (χ4v) is 3.15. The lowest BCUT2D eigenvalue weighted by atomic mass is 9.96. The average Bonchev–Trinajstić information content (AvgIpc) is 3.23. The number of ether oxygens (including phenoxy) is 1. The largest absolute Gasteiger partial charge is 0.484 e. The fraction of sp³-hybridized carbons (Fsp3) is 0.500. The Morgan fingerprint density at radius 3 is 2.58 bits per heavy atom. The first-order valence-electron chi connectivity index (χ1n) is 8.45. The number of benzene rings is 1. The zero-order valence-corrected chi connectivity index (χ0v) is 14.2. The number of nitrogens with zero attached hydrogens (tertiary/aromatic N) is 2. The molecule has 0 unspecified atom stereocenters. The highest BCUT2D eigenvalue weighted by molar-refractivity contribution is 5.78. The van der Waals surface area contributed by atoms with Crippen LogP contribution in [0.1, 0.15) is 49.9 Å². The van der Waals surface area contributed by atoms with Crippen molar-refractivity contribution in [3.63, 3.8) is 0 Å². The third-order valence-corrected chi connectivity index (χ3v) is 4.49. The highest BCUT2D eigenvalue weighted by Crippen LogP contribution is 2.37. The Labute approximate surface area is 141 Å². The molecule has 1 N–H and O–H groups in total. The molecular weight excluding hydrogens is 306 g/mol. The summed E-state index contributed by atoms with van der Waals surface area (Å²) in [6.45, 7) is 3.83. The van der Waals surface area contributed by atoms with Gasteiger partial charge in [-0.05, 0) is 37.0 Å². The van der Waals surface area contributed by atoms with Gasteiger partial charge in [-0.15, -0.1) is 0 Å². The van der Waals surface area contributed by atoms with Crippen molar-refractivity contribution in [1.29, 1.82) is 0 Å². The molecule has 0 bridgehead atoms. The summed E-state index contributed by atoms with van der Waals surface area (Å²) in [5.74, 6) is 1.60. The molecule has 128 valence electrons. The Morgan fingerprint density at radius 1 is 1.29 bits per heavy atom. The van der Waals surface area contributed by atoms with Crippen molar-refractivity contribution in [3.8, 4) is 5.75 Å². The predicted molar refractivity (Wildman–Crippen MR) is 88.6 cm³/mol. The zero-order valence-electron chi connectivity index (χ0n) is 14.2. The minimum atomic E-state index is -0.524. The van der Waals surface area contributed by atoms with Crippen LogP contribution >= 0.6 is 0 Å². The molecule has 6 nitrogen and oxygen atoms in total. The van der Waals surface area contributed by atoms with Crippen molar-refractivity contribution in [1.82, 2.24) is 15.5 Å². The lowest BCUT2D eigenvalue weighted by Gasteiger charge is -2.26. The van der Waals surface area contributed by atoms with Crippen LogP contribution in [0.5, 0.6) is 5.75 Å². The maximum absolute atomic E-state index is 12.4. The van der Waals surface area contributed by atoms with E-state index in [2.05, 4.69) is 22.4 Å². The van der Waals surface area contributed by atoms with E-state index < -0.39 is 5.54 Å². The number of aromatic nitrogens is 2. The Balaban J connectivity index is 1.61. The quantitative estimate of drug-likeness (QED) is 0.882. The minimum absolute atomic E-state index is 0.0238. The van der Waals surface area contributed by atoms with Gasteiger partial charge in [0.15, 0.2) is 12.4 Å². The molecule has 0 spiro atoms. The minimum Gasteiger partial charge on any atom is -0.484 e. The first kappa shape index (κ1) is 16.5. The van der Waals surface area contributed by atoms with E-state index in [4.69, 9.17) is 9.26 Å². The van der Waals surface area contributed by atoms with Crippen molar-refractivity contribution in [2.75, 3.05) is 6.61 Å². The van der Waals surface area contributed by atoms with Gasteiger partial charge in [0.1, 0.15) is 11.3 Å². The molecule has 0 aliphatic heterocycles. The number of rotatable bonds is 6. The lowest BCUT2D eigenvalue weighted by Crippen LogP contribution is -2.46. The topological polar surface area (TPSA) is 77.2 Å². The SMILES string of the molecule is CCc1ccc(OCC(=O)NC2(c3noc(C)n3)CCCC2)cc1. The maximum atomic E-state index is 12.4. The zero-order chi connectivity index (χ0) is 17.0. The van der Waals surface area contributed by atoms with Crippen LogP contribution in [-0.2, 0) is 16.8 Å². The average molecular weight is 329 g/mol. The summed E-state index contributed by atoms with van der Waals surface area (Å²) in [5, 5.41) is 7.08. The summed E-state index contributed by atoms with van der Waals surface area (Å²) in [5.41, 5.74) is 0.716. The van der Waals surface area contributed by atoms with Gasteiger partial charge in [0.25, 0.3) is 5.91 Å². The molecule has 0 saturated heterocycles. The third kappa shape index (κ3) is 3.58. The first-order valence-corrected chi connectivity index (χ1v) is 8.45. The van der Waals surface area contributed by atoms with Gasteiger partial charge in [-0.3, -0.25) is 4.79 Å². The molecule has 1 amide bonds. The molecule has 1 aliphatic rings. The number of carbonyl (C=O) groups excluding carboxylic acids is 1. The molecule has 1 aromatic heterocycles. The predicted octanol–water partition coefficient (Wildman–Crippen LogP) is 2.90. The third-order valence-electron chi connectivity index (χ3n) is 4.49. The number of hydrogen-bond donors (Lipinski definition) is 1. The molecule has 1 heterocycles. The van der Waals surface area contributed by atoms with Crippen LogP contribution in [-0.4, -0.2) is 22.7 Å². The van der Waals surface area contributed by atoms with E-state index in [0.717, 1.165) is 32.1 Å². The standard InChI is InChI=1S/C18H23N3O3/c1-3-14-6-8-15(9-7-14)23-12-16(22)20-18(10-4-5-11-18)17-19-13(2)24-21-17/h6-9H,3-5,10-12H2,1-2H3,(H,20,22). The van der Waals surface area contributed by atoms with E-state index in [1.165, 1.54) is 5.56 Å². The highest BCUT2D eigenvalue weighted by atomic mass is 16.5. The van der Waals surface area contributed by atoms with Crippen LogP contribution in [0.25, 0.3) is 0 Å². The summed E-state index contributed by atoms with van der Waals surface area (Å²) >= 11 is 0. The second kappa shape index (κ2) is 7.03. The van der Waals surface area contributed by atoms with Crippen LogP contribution < -0.4 is 10.1 Å². The smallest absolute Gasteiger partial charge is 0.258 e. The lowest BCUT2D eigenvalue weighted by molar-refractivity contribution is -0.125. The van der Waals surface area contributed by atoms with Gasteiger partial charge >= 0.3 is 0 Å². The van der Waals surface area contributed by atoms with Crippen LogP contribution in [0.4, 0.5) is 0 Å². The summed E-state index contributed by atoms with van der Waals surface area (Å²) < 4.78 is 10.7. The van der Waals surface area contributed by atoms with E-state index >= 15 is 0 Å². The van der Waals surface area contributed by atoms with Gasteiger partial charge < -0.3 is 14.6 Å². The Bertz CT molecular complexity index is 688. The van der Waals surface area contributed by atoms with Gasteiger partial charge in [0.2, 0.25) is 5.89 Å². The van der Waals surface area contributed by atoms with Crippen LogP contribution in [0.2, 0.25) is 0 Å². The van der Waals surface area contributed by atoms with E-state index in [9.17, 15) is 4.79 Å². The molecule has 1 saturated carbocycles. The molecule has 1 fully saturated rings. The van der Waals surface area contributed by atoms with E-state index in [1.54, 1.807) is 6.92 Å². The van der Waals surface area contributed by atoms with Crippen LogP contribution in [0, 0.1) is 6.92 Å². The Morgan fingerprint density at radius 2 is 2.00 bits per heavy atom. The van der Waals surface area contributed by atoms with Gasteiger partial charge in [-0.25, -0.2) is 0 Å². The van der Waals surface area contributed by atoms with E-state index in [-0.39, 0.29) is 12.5 Å². The first-order chi connectivity index (χ1) is 11.6. The van der Waals surface area contributed by atoms with Gasteiger partial charge in [0, 0.05) is 6.92 Å². The Hall–Kier alpha value is -2.37. The van der Waals surface area contributed by atoms with Gasteiger partial charge in [-0.2, -0.15) is 4.98 Å². The van der Waals surface area contributed by atoms with Gasteiger partial charge in [0.05, 0.1) is 0 Å². The number of nitrogens with one attached hydrogen (secondary N) is 1. The van der Waals surface area contributed by atoms with Crippen molar-refractivity contribution in [2.24, 2.45) is 0 Å².